The van der Waals surface area contributed by atoms with Crippen LogP contribution < -0.4 is 5.32 Å². The molecule has 0 unspecified atom stereocenters. The van der Waals surface area contributed by atoms with E-state index in [2.05, 4.69) is 15.2 Å². The molecule has 1 atom stereocenters. The predicted octanol–water partition coefficient (Wildman–Crippen LogP) is 1.66. The number of nitrogens with zero attached hydrogens (tertiary/aromatic N) is 3. The van der Waals surface area contributed by atoms with Crippen molar-refractivity contribution in [1.29, 1.82) is 0 Å². The molecule has 4 heterocycles. The lowest BCUT2D eigenvalue weighted by Gasteiger charge is -2.35. The third-order valence-corrected chi connectivity index (χ3v) is 5.40. The van der Waals surface area contributed by atoms with Crippen LogP contribution in [0.3, 0.4) is 0 Å². The zero-order valence-corrected chi connectivity index (χ0v) is 15.2. The maximum absolute atomic E-state index is 12.9. The number of fused-ring (bicyclic) bond motifs is 1. The Hall–Kier alpha value is -2.12. The van der Waals surface area contributed by atoms with Crippen LogP contribution in [0, 0.1) is 5.92 Å². The lowest BCUT2D eigenvalue weighted by atomic mass is 9.94. The minimum absolute atomic E-state index is 0.0305. The second kappa shape index (κ2) is 7.63. The fourth-order valence-electron chi connectivity index (χ4n) is 4.03. The van der Waals surface area contributed by atoms with E-state index in [0.717, 1.165) is 62.8 Å². The highest BCUT2D eigenvalue weighted by Gasteiger charge is 2.34. The Morgan fingerprint density at radius 1 is 1.38 bits per heavy atom. The summed E-state index contributed by atoms with van der Waals surface area (Å²) in [5.41, 5.74) is 2.05. The summed E-state index contributed by atoms with van der Waals surface area (Å²) >= 11 is 0. The van der Waals surface area contributed by atoms with Crippen LogP contribution in [-0.4, -0.2) is 46.7 Å². The largest absolute Gasteiger partial charge is 0.467 e. The molecule has 0 aromatic carbocycles. The van der Waals surface area contributed by atoms with Gasteiger partial charge in [0, 0.05) is 39.9 Å². The molecule has 4 rings (SSSR count). The van der Waals surface area contributed by atoms with Gasteiger partial charge in [0.15, 0.2) is 0 Å². The van der Waals surface area contributed by atoms with Gasteiger partial charge in [0.05, 0.1) is 36.4 Å². The van der Waals surface area contributed by atoms with Crippen LogP contribution in [-0.2, 0) is 29.7 Å². The first-order valence-electron chi connectivity index (χ1n) is 9.31. The fourth-order valence-corrected chi connectivity index (χ4v) is 4.03. The quantitative estimate of drug-likeness (QED) is 0.880. The number of ether oxygens (including phenoxy) is 1. The van der Waals surface area contributed by atoms with Crippen LogP contribution in [0.4, 0.5) is 0 Å². The van der Waals surface area contributed by atoms with Gasteiger partial charge in [-0.15, -0.1) is 0 Å². The van der Waals surface area contributed by atoms with Crippen molar-refractivity contribution in [3.8, 4) is 0 Å². The van der Waals surface area contributed by atoms with Gasteiger partial charge in [-0.1, -0.05) is 0 Å². The van der Waals surface area contributed by atoms with E-state index in [1.807, 2.05) is 30.1 Å². The lowest BCUT2D eigenvalue weighted by molar-refractivity contribution is -0.123. The molecule has 1 saturated heterocycles. The van der Waals surface area contributed by atoms with Crippen LogP contribution in [0.2, 0.25) is 0 Å². The van der Waals surface area contributed by atoms with Crippen LogP contribution in [0.25, 0.3) is 0 Å². The van der Waals surface area contributed by atoms with Gasteiger partial charge in [-0.3, -0.25) is 9.69 Å². The first kappa shape index (κ1) is 17.3. The summed E-state index contributed by atoms with van der Waals surface area (Å²) in [6, 6.07) is 3.70. The normalized spacial score (nSPS) is 21.5. The van der Waals surface area contributed by atoms with Gasteiger partial charge in [0.1, 0.15) is 5.76 Å². The summed E-state index contributed by atoms with van der Waals surface area (Å²) in [4.78, 5) is 19.8. The number of hydrogen-bond acceptors (Lipinski definition) is 5. The van der Waals surface area contributed by atoms with E-state index in [1.54, 1.807) is 6.26 Å². The average Bonchev–Trinajstić information content (AvgIpc) is 3.30. The van der Waals surface area contributed by atoms with Gasteiger partial charge >= 0.3 is 0 Å². The number of aromatic nitrogens is 2. The van der Waals surface area contributed by atoms with E-state index in [1.165, 1.54) is 0 Å². The van der Waals surface area contributed by atoms with Crippen molar-refractivity contribution in [1.82, 2.24) is 19.8 Å². The molecule has 0 bridgehead atoms. The van der Waals surface area contributed by atoms with Crippen molar-refractivity contribution in [3.05, 3.63) is 41.9 Å². The van der Waals surface area contributed by atoms with Gasteiger partial charge in [0.2, 0.25) is 5.91 Å². The van der Waals surface area contributed by atoms with Gasteiger partial charge in [-0.2, -0.15) is 0 Å². The summed E-state index contributed by atoms with van der Waals surface area (Å²) in [6.07, 6.45) is 5.63. The highest BCUT2D eigenvalue weighted by Crippen LogP contribution is 2.29. The van der Waals surface area contributed by atoms with E-state index < -0.39 is 0 Å². The Labute approximate surface area is 153 Å². The molecule has 0 aliphatic carbocycles. The molecule has 1 N–H and O–H groups in total. The molecule has 2 aliphatic rings. The zero-order chi connectivity index (χ0) is 17.9. The van der Waals surface area contributed by atoms with Crippen LogP contribution in [0.5, 0.6) is 0 Å². The fraction of sp³-hybridized carbons (Fsp3) is 0.579. The topological polar surface area (TPSA) is 72.5 Å². The Bertz CT molecular complexity index is 734. The smallest absolute Gasteiger partial charge is 0.230 e. The number of rotatable bonds is 5. The molecular formula is C19H26N4O3. The number of hydrogen-bond donors (Lipinski definition) is 1. The van der Waals surface area contributed by atoms with Gasteiger partial charge in [0.25, 0.3) is 0 Å². The highest BCUT2D eigenvalue weighted by molar-refractivity contribution is 5.84. The number of nitrogens with one attached hydrogen (secondary N) is 1. The second-order valence-electron chi connectivity index (χ2n) is 7.29. The van der Waals surface area contributed by atoms with Gasteiger partial charge in [-0.25, -0.2) is 4.98 Å². The summed E-state index contributed by atoms with van der Waals surface area (Å²) in [5, 5.41) is 3.02. The molecule has 140 valence electrons. The van der Waals surface area contributed by atoms with Crippen molar-refractivity contribution in [2.45, 2.75) is 31.8 Å². The molecule has 7 heteroatoms. The third-order valence-electron chi connectivity index (χ3n) is 5.40. The van der Waals surface area contributed by atoms with Gasteiger partial charge < -0.3 is 19.0 Å². The number of furan rings is 1. The molecule has 2 aliphatic heterocycles. The lowest BCUT2D eigenvalue weighted by Crippen LogP contribution is -2.44. The molecule has 0 radical (unpaired) electrons. The predicted molar refractivity (Wildman–Crippen MR) is 95.3 cm³/mol. The second-order valence-corrected chi connectivity index (χ2v) is 7.29. The van der Waals surface area contributed by atoms with E-state index in [9.17, 15) is 4.79 Å². The van der Waals surface area contributed by atoms with E-state index in [0.29, 0.717) is 12.5 Å². The van der Waals surface area contributed by atoms with E-state index in [4.69, 9.17) is 9.15 Å². The van der Waals surface area contributed by atoms with Crippen LogP contribution in [0.15, 0.2) is 29.1 Å². The highest BCUT2D eigenvalue weighted by atomic mass is 16.5. The Kier molecular flexibility index (Phi) is 5.08. The molecular weight excluding hydrogens is 332 g/mol. The molecule has 26 heavy (non-hydrogen) atoms. The Balaban J connectivity index is 1.46. The number of carbonyl (C=O) groups is 1. The minimum Gasteiger partial charge on any atom is -0.467 e. The summed E-state index contributed by atoms with van der Waals surface area (Å²) < 4.78 is 12.8. The molecule has 2 aromatic rings. The maximum Gasteiger partial charge on any atom is 0.230 e. The summed E-state index contributed by atoms with van der Waals surface area (Å²) in [7, 11) is 1.97. The standard InChI is InChI=1S/C19H26N4O3/c1-22-13-21-17-12-23(10-14-4-7-25-8-5-14)11-16(18(17)22)19(24)20-9-15-3-2-6-26-15/h2-3,6,13-14,16H,4-5,7-12H2,1H3,(H,20,24)/t16-/m0/s1. The van der Waals surface area contributed by atoms with Gasteiger partial charge in [-0.05, 0) is 30.9 Å². The summed E-state index contributed by atoms with van der Waals surface area (Å²) in [5.74, 6) is 1.23. The van der Waals surface area contributed by atoms with Crippen molar-refractivity contribution in [3.63, 3.8) is 0 Å². The monoisotopic (exact) mass is 358 g/mol. The molecule has 2 aromatic heterocycles. The molecule has 7 nitrogen and oxygen atoms in total. The third kappa shape index (κ3) is 3.68. The number of amides is 1. The van der Waals surface area contributed by atoms with Crippen molar-refractivity contribution < 1.29 is 13.9 Å². The molecule has 1 fully saturated rings. The van der Waals surface area contributed by atoms with Crippen LogP contribution in [0.1, 0.15) is 35.9 Å². The van der Waals surface area contributed by atoms with Crippen LogP contribution >= 0.6 is 0 Å². The molecule has 0 saturated carbocycles. The van der Waals surface area contributed by atoms with E-state index >= 15 is 0 Å². The Morgan fingerprint density at radius 2 is 2.23 bits per heavy atom. The summed E-state index contributed by atoms with van der Waals surface area (Å²) in [6.45, 7) is 4.65. The maximum atomic E-state index is 12.9. The number of carbonyl (C=O) groups excluding carboxylic acids is 1. The SMILES string of the molecule is Cn1cnc2c1[C@@H](C(=O)NCc1ccco1)CN(CC1CCOCC1)C2. The number of aryl methyl sites for hydroxylation is 1. The van der Waals surface area contributed by atoms with E-state index in [-0.39, 0.29) is 11.8 Å². The van der Waals surface area contributed by atoms with Crippen molar-refractivity contribution >= 4 is 5.91 Å². The van der Waals surface area contributed by atoms with Crippen molar-refractivity contribution in [2.75, 3.05) is 26.3 Å². The average molecular weight is 358 g/mol. The molecule has 1 amide bonds. The molecule has 0 spiro atoms. The number of imidazole rings is 1. The first-order chi connectivity index (χ1) is 12.7. The Morgan fingerprint density at radius 3 is 3.00 bits per heavy atom. The first-order valence-corrected chi connectivity index (χ1v) is 9.31. The minimum atomic E-state index is -0.207. The zero-order valence-electron chi connectivity index (χ0n) is 15.2. The van der Waals surface area contributed by atoms with Crippen molar-refractivity contribution in [2.24, 2.45) is 13.0 Å².